The number of aliphatic hydroxyl groups is 1. The average Bonchev–Trinajstić information content (AvgIpc) is 2.75. The maximum atomic E-state index is 12.9. The third-order valence-corrected chi connectivity index (χ3v) is 5.11. The van der Waals surface area contributed by atoms with Crippen LogP contribution in [0, 0.1) is 0 Å². The van der Waals surface area contributed by atoms with Gasteiger partial charge in [-0.3, -0.25) is 14.4 Å². The number of benzene rings is 1. The molecule has 0 aliphatic heterocycles. The zero-order valence-corrected chi connectivity index (χ0v) is 18.7. The number of nitrogens with one attached hydrogen (secondary N) is 3. The van der Waals surface area contributed by atoms with Crippen LogP contribution >= 0.6 is 11.8 Å². The molecule has 8 N–H and O–H groups in total. The quantitative estimate of drug-likeness (QED) is 0.181. The molecule has 3 amide bonds. The highest BCUT2D eigenvalue weighted by atomic mass is 32.2. The van der Waals surface area contributed by atoms with Crippen LogP contribution in [0.5, 0.6) is 5.75 Å². The minimum atomic E-state index is -1.35. The van der Waals surface area contributed by atoms with Crippen molar-refractivity contribution in [1.29, 1.82) is 0 Å². The molecular weight excluding hydrogens is 440 g/mol. The number of hydrogen-bond donors (Lipinski definition) is 7. The number of amides is 3. The van der Waals surface area contributed by atoms with E-state index in [-0.39, 0.29) is 18.6 Å². The van der Waals surface area contributed by atoms with Crippen LogP contribution in [0.1, 0.15) is 18.9 Å². The number of nitrogens with two attached hydrogens (primary N) is 1. The van der Waals surface area contributed by atoms with Gasteiger partial charge in [0.1, 0.15) is 23.9 Å². The molecule has 0 radical (unpaired) electrons. The van der Waals surface area contributed by atoms with Gasteiger partial charge in [0.05, 0.1) is 12.6 Å². The summed E-state index contributed by atoms with van der Waals surface area (Å²) in [6, 6.07) is 1.28. The number of carbonyl (C=O) groups excluding carboxylic acids is 3. The Hall–Kier alpha value is -2.83. The number of phenolic OH excluding ortho intramolecular Hbond substituents is 1. The van der Waals surface area contributed by atoms with Gasteiger partial charge in [-0.25, -0.2) is 4.79 Å². The molecule has 0 heterocycles. The van der Waals surface area contributed by atoms with Crippen LogP contribution < -0.4 is 21.7 Å². The lowest BCUT2D eigenvalue weighted by Gasteiger charge is -2.24. The lowest BCUT2D eigenvalue weighted by atomic mass is 10.0. The Morgan fingerprint density at radius 3 is 2.00 bits per heavy atom. The van der Waals surface area contributed by atoms with E-state index in [2.05, 4.69) is 16.0 Å². The molecule has 0 fully saturated rings. The summed E-state index contributed by atoms with van der Waals surface area (Å²) in [7, 11) is 0. The predicted octanol–water partition coefficient (Wildman–Crippen LogP) is -1.43. The van der Waals surface area contributed by atoms with Crippen molar-refractivity contribution in [2.24, 2.45) is 5.73 Å². The Bertz CT molecular complexity index is 789. The van der Waals surface area contributed by atoms with Gasteiger partial charge in [0.2, 0.25) is 17.7 Å². The number of aliphatic carboxylic acids is 1. The molecule has 0 aliphatic carbocycles. The summed E-state index contributed by atoms with van der Waals surface area (Å²) in [6.07, 6.45) is 1.97. The summed E-state index contributed by atoms with van der Waals surface area (Å²) in [5.74, 6) is -2.93. The third kappa shape index (κ3) is 9.12. The van der Waals surface area contributed by atoms with Crippen LogP contribution in [0.4, 0.5) is 0 Å². The molecule has 178 valence electrons. The monoisotopic (exact) mass is 470 g/mol. The summed E-state index contributed by atoms with van der Waals surface area (Å²) >= 11 is 1.43. The van der Waals surface area contributed by atoms with Gasteiger partial charge in [-0.15, -0.1) is 0 Å². The van der Waals surface area contributed by atoms with E-state index in [4.69, 9.17) is 5.73 Å². The maximum absolute atomic E-state index is 12.9. The molecule has 4 unspecified atom stereocenters. The second-order valence-electron chi connectivity index (χ2n) is 7.15. The van der Waals surface area contributed by atoms with Crippen molar-refractivity contribution in [1.82, 2.24) is 16.0 Å². The van der Waals surface area contributed by atoms with Gasteiger partial charge >= 0.3 is 5.97 Å². The van der Waals surface area contributed by atoms with Gasteiger partial charge < -0.3 is 37.0 Å². The molecule has 0 bridgehead atoms. The Labute approximate surface area is 190 Å². The van der Waals surface area contributed by atoms with Gasteiger partial charge in [-0.1, -0.05) is 12.1 Å². The molecule has 4 atom stereocenters. The summed E-state index contributed by atoms with van der Waals surface area (Å²) in [4.78, 5) is 48.7. The fraction of sp³-hybridized carbons (Fsp3) is 0.500. The van der Waals surface area contributed by atoms with Crippen molar-refractivity contribution in [2.75, 3.05) is 18.6 Å². The highest BCUT2D eigenvalue weighted by molar-refractivity contribution is 7.98. The van der Waals surface area contributed by atoms with Crippen LogP contribution in [0.2, 0.25) is 0 Å². The van der Waals surface area contributed by atoms with Crippen molar-refractivity contribution in [2.45, 2.75) is 43.9 Å². The van der Waals surface area contributed by atoms with Gasteiger partial charge in [0.15, 0.2) is 0 Å². The Morgan fingerprint density at radius 2 is 1.50 bits per heavy atom. The summed E-state index contributed by atoms with van der Waals surface area (Å²) in [5, 5.41) is 35.5. The van der Waals surface area contributed by atoms with Crippen LogP contribution in [0.25, 0.3) is 0 Å². The summed E-state index contributed by atoms with van der Waals surface area (Å²) in [6.45, 7) is 0.673. The predicted molar refractivity (Wildman–Crippen MR) is 119 cm³/mol. The van der Waals surface area contributed by atoms with Crippen LogP contribution in [0.3, 0.4) is 0 Å². The topological polar surface area (TPSA) is 191 Å². The zero-order valence-electron chi connectivity index (χ0n) is 17.9. The SMILES string of the molecule is CSCCC(NC(=O)C(Cc1ccc(O)cc1)NC(=O)C(CO)NC(=O)C(C)N)C(=O)O. The molecule has 1 aromatic rings. The normalized spacial score (nSPS) is 14.5. The molecule has 1 aromatic carbocycles. The van der Waals surface area contributed by atoms with Gasteiger partial charge in [-0.2, -0.15) is 11.8 Å². The van der Waals surface area contributed by atoms with Crippen LogP contribution in [-0.4, -0.2) is 81.8 Å². The van der Waals surface area contributed by atoms with E-state index >= 15 is 0 Å². The molecule has 12 heteroatoms. The van der Waals surface area contributed by atoms with Crippen LogP contribution in [0.15, 0.2) is 24.3 Å². The van der Waals surface area contributed by atoms with Crippen molar-refractivity contribution in [3.8, 4) is 5.75 Å². The minimum absolute atomic E-state index is 0.0146. The Morgan fingerprint density at radius 1 is 0.969 bits per heavy atom. The third-order valence-electron chi connectivity index (χ3n) is 4.46. The van der Waals surface area contributed by atoms with Gasteiger partial charge in [-0.05, 0) is 43.0 Å². The van der Waals surface area contributed by atoms with Crippen molar-refractivity contribution >= 4 is 35.5 Å². The van der Waals surface area contributed by atoms with E-state index < -0.39 is 54.5 Å². The number of aromatic hydroxyl groups is 1. The summed E-state index contributed by atoms with van der Waals surface area (Å²) in [5.41, 5.74) is 6.04. The number of phenols is 1. The fourth-order valence-electron chi connectivity index (χ4n) is 2.61. The molecular formula is C20H30N4O7S. The molecule has 0 aromatic heterocycles. The smallest absolute Gasteiger partial charge is 0.326 e. The molecule has 0 saturated heterocycles. The Balaban J connectivity index is 3.03. The van der Waals surface area contributed by atoms with E-state index in [0.717, 1.165) is 0 Å². The first-order valence-electron chi connectivity index (χ1n) is 9.86. The van der Waals surface area contributed by atoms with E-state index in [9.17, 15) is 34.5 Å². The standard InChI is InChI=1S/C20H30N4O7S/c1-11(21)17(27)24-16(10-25)19(29)23-15(9-12-3-5-13(26)6-4-12)18(28)22-14(20(30)31)7-8-32-2/h3-6,11,14-16,25-26H,7-10,21H2,1-2H3,(H,22,28)(H,23,29)(H,24,27)(H,30,31). The number of carboxylic acid groups (broad SMARTS) is 1. The minimum Gasteiger partial charge on any atom is -0.508 e. The zero-order chi connectivity index (χ0) is 24.3. The second-order valence-corrected chi connectivity index (χ2v) is 8.13. The highest BCUT2D eigenvalue weighted by Crippen LogP contribution is 2.12. The molecule has 0 aliphatic rings. The Kier molecular flexibility index (Phi) is 11.5. The first-order valence-corrected chi connectivity index (χ1v) is 11.3. The first-order chi connectivity index (χ1) is 15.1. The fourth-order valence-corrected chi connectivity index (χ4v) is 3.08. The van der Waals surface area contributed by atoms with Gasteiger partial charge in [0, 0.05) is 6.42 Å². The molecule has 11 nitrogen and oxygen atoms in total. The average molecular weight is 471 g/mol. The largest absolute Gasteiger partial charge is 0.508 e. The number of hydrogen-bond acceptors (Lipinski definition) is 8. The van der Waals surface area contributed by atoms with Gasteiger partial charge in [0.25, 0.3) is 0 Å². The number of aliphatic hydroxyl groups excluding tert-OH is 1. The number of carbonyl (C=O) groups is 4. The van der Waals surface area contributed by atoms with Crippen molar-refractivity contribution in [3.63, 3.8) is 0 Å². The first kappa shape index (κ1) is 27.2. The lowest BCUT2D eigenvalue weighted by molar-refractivity contribution is -0.142. The molecule has 1 rings (SSSR count). The van der Waals surface area contributed by atoms with Crippen molar-refractivity contribution in [3.05, 3.63) is 29.8 Å². The number of carboxylic acids is 1. The van der Waals surface area contributed by atoms with E-state index in [1.807, 2.05) is 0 Å². The lowest BCUT2D eigenvalue weighted by Crippen LogP contribution is -2.58. The maximum Gasteiger partial charge on any atom is 0.326 e. The van der Waals surface area contributed by atoms with Crippen molar-refractivity contribution < 1.29 is 34.5 Å². The number of thioether (sulfide) groups is 1. The molecule has 0 spiro atoms. The highest BCUT2D eigenvalue weighted by Gasteiger charge is 2.29. The van der Waals surface area contributed by atoms with E-state index in [1.165, 1.54) is 30.8 Å². The number of rotatable bonds is 13. The van der Waals surface area contributed by atoms with E-state index in [0.29, 0.717) is 11.3 Å². The molecule has 0 saturated carbocycles. The summed E-state index contributed by atoms with van der Waals surface area (Å²) < 4.78 is 0. The second kappa shape index (κ2) is 13.6. The van der Waals surface area contributed by atoms with E-state index in [1.54, 1.807) is 18.4 Å². The van der Waals surface area contributed by atoms with Crippen LogP contribution in [-0.2, 0) is 25.6 Å². The molecule has 32 heavy (non-hydrogen) atoms.